The van der Waals surface area contributed by atoms with Crippen LogP contribution in [-0.2, 0) is 0 Å². The van der Waals surface area contributed by atoms with Crippen molar-refractivity contribution in [3.8, 4) is 0 Å². The molecule has 0 aromatic heterocycles. The summed E-state index contributed by atoms with van der Waals surface area (Å²) in [6, 6.07) is 2.80. The molecule has 0 spiro atoms. The molecule has 0 saturated carbocycles. The molecule has 1 N–H and O–H groups in total. The first-order valence-electron chi connectivity index (χ1n) is 5.07. The maximum Gasteiger partial charge on any atom is 0.321 e. The van der Waals surface area contributed by atoms with E-state index in [0.717, 1.165) is 0 Å². The number of benzene rings is 1. The molecule has 0 saturated heterocycles. The first kappa shape index (κ1) is 13.0. The topological polar surface area (TPSA) is 75.5 Å². The summed E-state index contributed by atoms with van der Waals surface area (Å²) >= 11 is 0. The smallest absolute Gasteiger partial charge is 0.321 e. The molecule has 0 aliphatic rings. The van der Waals surface area contributed by atoms with Crippen LogP contribution in [0.1, 0.15) is 11.1 Å². The van der Waals surface area contributed by atoms with Gasteiger partial charge in [0.25, 0.3) is 5.69 Å². The Labute approximate surface area is 99.4 Å². The maximum atomic E-state index is 11.5. The third-order valence-electron chi connectivity index (χ3n) is 2.39. The quantitative estimate of drug-likeness (QED) is 0.633. The lowest BCUT2D eigenvalue weighted by atomic mass is 10.1. The Morgan fingerprint density at radius 1 is 1.29 bits per heavy atom. The highest BCUT2D eigenvalue weighted by molar-refractivity contribution is 5.90. The summed E-state index contributed by atoms with van der Waals surface area (Å²) in [7, 11) is 3.26. The lowest BCUT2D eigenvalue weighted by molar-refractivity contribution is -0.385. The number of hydrogen-bond acceptors (Lipinski definition) is 3. The molecule has 17 heavy (non-hydrogen) atoms. The van der Waals surface area contributed by atoms with Gasteiger partial charge in [-0.2, -0.15) is 0 Å². The van der Waals surface area contributed by atoms with Crippen molar-refractivity contribution in [2.45, 2.75) is 13.8 Å². The number of carbonyl (C=O) groups excluding carboxylic acids is 1. The molecule has 1 aromatic carbocycles. The Morgan fingerprint density at radius 3 is 2.35 bits per heavy atom. The summed E-state index contributed by atoms with van der Waals surface area (Å²) < 4.78 is 0. The number of anilines is 1. The minimum absolute atomic E-state index is 0.0605. The molecular formula is C11H15N3O3. The Bertz CT molecular complexity index is 469. The number of nitrogens with one attached hydrogen (secondary N) is 1. The fourth-order valence-corrected chi connectivity index (χ4v) is 1.36. The van der Waals surface area contributed by atoms with Gasteiger partial charge >= 0.3 is 6.03 Å². The average molecular weight is 237 g/mol. The van der Waals surface area contributed by atoms with Gasteiger partial charge < -0.3 is 10.2 Å². The zero-order valence-corrected chi connectivity index (χ0v) is 10.3. The highest BCUT2D eigenvalue weighted by Gasteiger charge is 2.14. The molecule has 0 aliphatic carbocycles. The summed E-state index contributed by atoms with van der Waals surface area (Å²) in [5, 5.41) is 13.4. The molecule has 0 unspecified atom stereocenters. The fraction of sp³-hybridized carbons (Fsp3) is 0.364. The van der Waals surface area contributed by atoms with Gasteiger partial charge in [0.05, 0.1) is 4.92 Å². The number of carbonyl (C=O) groups is 1. The van der Waals surface area contributed by atoms with Gasteiger partial charge in [0.15, 0.2) is 0 Å². The molecule has 0 heterocycles. The van der Waals surface area contributed by atoms with Crippen LogP contribution in [-0.4, -0.2) is 29.9 Å². The second-order valence-electron chi connectivity index (χ2n) is 4.04. The lowest BCUT2D eigenvalue weighted by Gasteiger charge is -2.14. The van der Waals surface area contributed by atoms with Gasteiger partial charge in [-0.05, 0) is 25.5 Å². The summed E-state index contributed by atoms with van der Waals surface area (Å²) in [4.78, 5) is 23.2. The normalized spacial score (nSPS) is 9.88. The van der Waals surface area contributed by atoms with Crippen LogP contribution in [0.4, 0.5) is 16.2 Å². The third kappa shape index (κ3) is 2.93. The molecule has 6 heteroatoms. The lowest BCUT2D eigenvalue weighted by Crippen LogP contribution is -2.27. The maximum absolute atomic E-state index is 11.5. The van der Waals surface area contributed by atoms with Crippen LogP contribution in [0, 0.1) is 24.0 Å². The number of nitrogens with zero attached hydrogens (tertiary/aromatic N) is 2. The molecule has 0 fully saturated rings. The van der Waals surface area contributed by atoms with E-state index < -0.39 is 4.92 Å². The van der Waals surface area contributed by atoms with Crippen LogP contribution < -0.4 is 5.32 Å². The summed E-state index contributed by atoms with van der Waals surface area (Å²) in [6.07, 6.45) is 0. The largest absolute Gasteiger partial charge is 0.331 e. The van der Waals surface area contributed by atoms with Gasteiger partial charge in [0, 0.05) is 31.4 Å². The predicted octanol–water partition coefficient (Wildman–Crippen LogP) is 2.31. The van der Waals surface area contributed by atoms with Crippen LogP contribution in [0.2, 0.25) is 0 Å². The van der Waals surface area contributed by atoms with Crippen LogP contribution in [0.15, 0.2) is 12.1 Å². The van der Waals surface area contributed by atoms with Crippen molar-refractivity contribution in [2.75, 3.05) is 19.4 Å². The van der Waals surface area contributed by atoms with Gasteiger partial charge in [0.1, 0.15) is 0 Å². The van der Waals surface area contributed by atoms with Gasteiger partial charge in [-0.1, -0.05) is 0 Å². The van der Waals surface area contributed by atoms with Crippen LogP contribution in [0.3, 0.4) is 0 Å². The minimum atomic E-state index is -0.431. The number of hydrogen-bond donors (Lipinski definition) is 1. The van der Waals surface area contributed by atoms with Crippen LogP contribution in [0.25, 0.3) is 0 Å². The second kappa shape index (κ2) is 4.82. The van der Waals surface area contributed by atoms with Crippen molar-refractivity contribution in [1.82, 2.24) is 4.90 Å². The van der Waals surface area contributed by atoms with Gasteiger partial charge in [-0.15, -0.1) is 0 Å². The molecule has 1 aromatic rings. The molecule has 92 valence electrons. The van der Waals surface area contributed by atoms with E-state index in [-0.39, 0.29) is 11.7 Å². The van der Waals surface area contributed by atoms with Gasteiger partial charge in [-0.25, -0.2) is 4.79 Å². The molecule has 0 bridgehead atoms. The molecular weight excluding hydrogens is 222 g/mol. The second-order valence-corrected chi connectivity index (χ2v) is 4.04. The molecule has 1 rings (SSSR count). The van der Waals surface area contributed by atoms with Crippen molar-refractivity contribution < 1.29 is 9.72 Å². The predicted molar refractivity (Wildman–Crippen MR) is 65.3 cm³/mol. The molecule has 0 aliphatic heterocycles. The Kier molecular flexibility index (Phi) is 3.67. The van der Waals surface area contributed by atoms with Gasteiger partial charge in [0.2, 0.25) is 0 Å². The van der Waals surface area contributed by atoms with E-state index in [1.165, 1.54) is 11.0 Å². The summed E-state index contributed by atoms with van der Waals surface area (Å²) in [6.45, 7) is 3.36. The highest BCUT2D eigenvalue weighted by atomic mass is 16.6. The summed E-state index contributed by atoms with van der Waals surface area (Å²) in [5.74, 6) is 0. The van der Waals surface area contributed by atoms with Crippen LogP contribution in [0.5, 0.6) is 0 Å². The standard InChI is InChI=1S/C11H15N3O3/c1-7-6-10(14(16)17)8(2)5-9(7)12-11(15)13(3)4/h5-6H,1-4H3,(H,12,15). The molecule has 0 radical (unpaired) electrons. The van der Waals surface area contributed by atoms with Crippen molar-refractivity contribution >= 4 is 17.4 Å². The number of rotatable bonds is 2. The molecule has 6 nitrogen and oxygen atoms in total. The number of urea groups is 1. The van der Waals surface area contributed by atoms with Gasteiger partial charge in [-0.3, -0.25) is 10.1 Å². The Balaban J connectivity index is 3.08. The number of aryl methyl sites for hydroxylation is 2. The van der Waals surface area contributed by atoms with E-state index >= 15 is 0 Å². The average Bonchev–Trinajstić information content (AvgIpc) is 2.22. The number of nitro groups is 1. The van der Waals surface area contributed by atoms with E-state index in [2.05, 4.69) is 5.32 Å². The molecule has 2 amide bonds. The summed E-state index contributed by atoms with van der Waals surface area (Å²) in [5.41, 5.74) is 1.84. The monoisotopic (exact) mass is 237 g/mol. The first-order chi connectivity index (χ1) is 7.82. The third-order valence-corrected chi connectivity index (χ3v) is 2.39. The van der Waals surface area contributed by atoms with E-state index in [0.29, 0.717) is 16.8 Å². The van der Waals surface area contributed by atoms with Crippen LogP contribution >= 0.6 is 0 Å². The number of amides is 2. The van der Waals surface area contributed by atoms with E-state index in [4.69, 9.17) is 0 Å². The van der Waals surface area contributed by atoms with E-state index in [9.17, 15) is 14.9 Å². The van der Waals surface area contributed by atoms with Crippen molar-refractivity contribution in [2.24, 2.45) is 0 Å². The van der Waals surface area contributed by atoms with Crippen molar-refractivity contribution in [1.29, 1.82) is 0 Å². The minimum Gasteiger partial charge on any atom is -0.331 e. The molecule has 0 atom stereocenters. The SMILES string of the molecule is Cc1cc([N+](=O)[O-])c(C)cc1NC(=O)N(C)C. The van der Waals surface area contributed by atoms with Crippen molar-refractivity contribution in [3.05, 3.63) is 33.4 Å². The van der Waals surface area contributed by atoms with E-state index in [1.807, 2.05) is 0 Å². The first-order valence-corrected chi connectivity index (χ1v) is 5.07. The highest BCUT2D eigenvalue weighted by Crippen LogP contribution is 2.25. The fourth-order valence-electron chi connectivity index (χ4n) is 1.36. The zero-order chi connectivity index (χ0) is 13.2. The Morgan fingerprint density at radius 2 is 1.88 bits per heavy atom. The Hall–Kier alpha value is -2.11. The zero-order valence-electron chi connectivity index (χ0n) is 10.3. The van der Waals surface area contributed by atoms with E-state index in [1.54, 1.807) is 34.0 Å². The van der Waals surface area contributed by atoms with Crippen molar-refractivity contribution in [3.63, 3.8) is 0 Å². The number of nitro benzene ring substituents is 1.